The first-order valence-electron chi connectivity index (χ1n) is 8.82. The summed E-state index contributed by atoms with van der Waals surface area (Å²) >= 11 is 3.76. The number of ether oxygens (including phenoxy) is 1. The van der Waals surface area contributed by atoms with Crippen LogP contribution in [0.4, 0.5) is 0 Å². The van der Waals surface area contributed by atoms with Crippen LogP contribution in [0.25, 0.3) is 0 Å². The van der Waals surface area contributed by atoms with E-state index in [2.05, 4.69) is 36.7 Å². The van der Waals surface area contributed by atoms with Crippen molar-refractivity contribution in [3.05, 3.63) is 0 Å². The summed E-state index contributed by atoms with van der Waals surface area (Å²) in [5.41, 5.74) is 0.145. The zero-order valence-electron chi connectivity index (χ0n) is 13.7. The molecule has 118 valence electrons. The highest BCUT2D eigenvalue weighted by atomic mass is 79.9. The molecule has 2 fully saturated rings. The first-order valence-corrected chi connectivity index (χ1v) is 9.94. The Hall–Kier alpha value is 0.440. The SMILES string of the molecule is CCC1CCCC(OC2(CBr)CCC(C(C)C)CC2)C1. The lowest BCUT2D eigenvalue weighted by Gasteiger charge is -2.44. The number of rotatable bonds is 5. The standard InChI is InChI=1S/C18H33BrO/c1-4-15-6-5-7-17(12-15)20-18(13-19)10-8-16(9-11-18)14(2)3/h14-17H,4-13H2,1-3H3. The quantitative estimate of drug-likeness (QED) is 0.559. The van der Waals surface area contributed by atoms with Gasteiger partial charge in [-0.25, -0.2) is 0 Å². The number of alkyl halides is 1. The predicted octanol–water partition coefficient (Wildman–Crippen LogP) is 5.95. The Morgan fingerprint density at radius 1 is 1.15 bits per heavy atom. The summed E-state index contributed by atoms with van der Waals surface area (Å²) in [4.78, 5) is 0. The van der Waals surface area contributed by atoms with Gasteiger partial charge in [0.05, 0.1) is 11.7 Å². The predicted molar refractivity (Wildman–Crippen MR) is 90.4 cm³/mol. The van der Waals surface area contributed by atoms with Crippen molar-refractivity contribution in [2.24, 2.45) is 17.8 Å². The van der Waals surface area contributed by atoms with Crippen molar-refractivity contribution >= 4 is 15.9 Å². The Morgan fingerprint density at radius 3 is 2.40 bits per heavy atom. The van der Waals surface area contributed by atoms with Gasteiger partial charge in [-0.1, -0.05) is 56.0 Å². The van der Waals surface area contributed by atoms with E-state index in [9.17, 15) is 0 Å². The lowest BCUT2D eigenvalue weighted by molar-refractivity contribution is -0.122. The van der Waals surface area contributed by atoms with Gasteiger partial charge in [-0.3, -0.25) is 0 Å². The normalized spacial score (nSPS) is 39.1. The maximum absolute atomic E-state index is 6.68. The molecular weight excluding hydrogens is 312 g/mol. The average Bonchev–Trinajstić information content (AvgIpc) is 2.48. The number of halogens is 1. The van der Waals surface area contributed by atoms with Gasteiger partial charge in [0, 0.05) is 5.33 Å². The van der Waals surface area contributed by atoms with Gasteiger partial charge in [-0.2, -0.15) is 0 Å². The molecule has 0 bridgehead atoms. The van der Waals surface area contributed by atoms with E-state index in [0.29, 0.717) is 6.10 Å². The van der Waals surface area contributed by atoms with E-state index in [4.69, 9.17) is 4.74 Å². The first kappa shape index (κ1) is 16.8. The molecular formula is C18H33BrO. The van der Waals surface area contributed by atoms with Gasteiger partial charge in [0.1, 0.15) is 0 Å². The Labute approximate surface area is 134 Å². The molecule has 2 unspecified atom stereocenters. The van der Waals surface area contributed by atoms with Crippen LogP contribution in [0, 0.1) is 17.8 Å². The molecule has 20 heavy (non-hydrogen) atoms. The number of hydrogen-bond acceptors (Lipinski definition) is 1. The fourth-order valence-electron chi connectivity index (χ4n) is 4.19. The summed E-state index contributed by atoms with van der Waals surface area (Å²) in [7, 11) is 0. The third-order valence-corrected chi connectivity index (χ3v) is 6.88. The van der Waals surface area contributed by atoms with Crippen molar-refractivity contribution in [3.63, 3.8) is 0 Å². The summed E-state index contributed by atoms with van der Waals surface area (Å²) in [6.07, 6.45) is 12.5. The minimum Gasteiger partial charge on any atom is -0.371 e. The molecule has 0 radical (unpaired) electrons. The Kier molecular flexibility index (Phi) is 6.41. The van der Waals surface area contributed by atoms with E-state index in [1.165, 1.54) is 57.8 Å². The van der Waals surface area contributed by atoms with E-state index in [1.807, 2.05) is 0 Å². The van der Waals surface area contributed by atoms with Gasteiger partial charge in [-0.05, 0) is 56.3 Å². The van der Waals surface area contributed by atoms with Crippen molar-refractivity contribution in [3.8, 4) is 0 Å². The van der Waals surface area contributed by atoms with Crippen molar-refractivity contribution in [2.45, 2.75) is 90.3 Å². The maximum atomic E-state index is 6.68. The van der Waals surface area contributed by atoms with E-state index in [1.54, 1.807) is 0 Å². The van der Waals surface area contributed by atoms with Crippen molar-refractivity contribution in [1.82, 2.24) is 0 Å². The van der Waals surface area contributed by atoms with Crippen LogP contribution in [0.2, 0.25) is 0 Å². The van der Waals surface area contributed by atoms with Crippen LogP contribution in [0.15, 0.2) is 0 Å². The van der Waals surface area contributed by atoms with Crippen LogP contribution in [0.1, 0.15) is 78.6 Å². The van der Waals surface area contributed by atoms with Crippen molar-refractivity contribution in [1.29, 1.82) is 0 Å². The molecule has 1 nitrogen and oxygen atoms in total. The fraction of sp³-hybridized carbons (Fsp3) is 1.00. The second kappa shape index (κ2) is 7.63. The summed E-state index contributed by atoms with van der Waals surface area (Å²) in [5, 5.41) is 1.03. The molecule has 0 N–H and O–H groups in total. The van der Waals surface area contributed by atoms with Crippen molar-refractivity contribution in [2.75, 3.05) is 5.33 Å². The second-order valence-corrected chi connectivity index (χ2v) is 8.14. The molecule has 0 heterocycles. The third kappa shape index (κ3) is 4.22. The smallest absolute Gasteiger partial charge is 0.0782 e. The topological polar surface area (TPSA) is 9.23 Å². The highest BCUT2D eigenvalue weighted by Crippen LogP contribution is 2.41. The van der Waals surface area contributed by atoms with Crippen molar-refractivity contribution < 1.29 is 4.74 Å². The molecule has 2 atom stereocenters. The summed E-state index contributed by atoms with van der Waals surface area (Å²) in [5.74, 6) is 2.66. The summed E-state index contributed by atoms with van der Waals surface area (Å²) in [6, 6.07) is 0. The molecule has 0 aromatic rings. The van der Waals surface area contributed by atoms with Gasteiger partial charge in [0.2, 0.25) is 0 Å². The van der Waals surface area contributed by atoms with Crippen LogP contribution >= 0.6 is 15.9 Å². The lowest BCUT2D eigenvalue weighted by atomic mass is 9.75. The molecule has 0 aromatic carbocycles. The number of hydrogen-bond donors (Lipinski definition) is 0. The highest BCUT2D eigenvalue weighted by molar-refractivity contribution is 9.09. The van der Waals surface area contributed by atoms with Crippen LogP contribution in [0.5, 0.6) is 0 Å². The minimum atomic E-state index is 0.145. The fourth-order valence-corrected chi connectivity index (χ4v) is 4.88. The molecule has 2 aliphatic carbocycles. The van der Waals surface area contributed by atoms with E-state index in [-0.39, 0.29) is 5.60 Å². The van der Waals surface area contributed by atoms with E-state index >= 15 is 0 Å². The van der Waals surface area contributed by atoms with Gasteiger partial charge in [0.25, 0.3) is 0 Å². The van der Waals surface area contributed by atoms with Gasteiger partial charge < -0.3 is 4.74 Å². The summed E-state index contributed by atoms with van der Waals surface area (Å²) < 4.78 is 6.68. The Bertz CT molecular complexity index is 281. The first-order chi connectivity index (χ1) is 9.58. The zero-order chi connectivity index (χ0) is 14.6. The molecule has 2 heteroatoms. The van der Waals surface area contributed by atoms with Gasteiger partial charge in [0.15, 0.2) is 0 Å². The van der Waals surface area contributed by atoms with Crippen LogP contribution in [0.3, 0.4) is 0 Å². The molecule has 0 saturated heterocycles. The highest BCUT2D eigenvalue weighted by Gasteiger charge is 2.38. The lowest BCUT2D eigenvalue weighted by Crippen LogP contribution is -2.43. The van der Waals surface area contributed by atoms with Crippen LogP contribution in [-0.2, 0) is 4.74 Å². The van der Waals surface area contributed by atoms with E-state index in [0.717, 1.165) is 23.1 Å². The Balaban J connectivity index is 1.88. The van der Waals surface area contributed by atoms with Gasteiger partial charge >= 0.3 is 0 Å². The minimum absolute atomic E-state index is 0.145. The van der Waals surface area contributed by atoms with E-state index < -0.39 is 0 Å². The average molecular weight is 345 g/mol. The maximum Gasteiger partial charge on any atom is 0.0782 e. The van der Waals surface area contributed by atoms with Crippen LogP contribution in [-0.4, -0.2) is 17.0 Å². The molecule has 0 spiro atoms. The Morgan fingerprint density at radius 2 is 1.85 bits per heavy atom. The van der Waals surface area contributed by atoms with Crippen LogP contribution < -0.4 is 0 Å². The molecule has 2 saturated carbocycles. The van der Waals surface area contributed by atoms with Gasteiger partial charge in [-0.15, -0.1) is 0 Å². The monoisotopic (exact) mass is 344 g/mol. The zero-order valence-corrected chi connectivity index (χ0v) is 15.3. The largest absolute Gasteiger partial charge is 0.371 e. The molecule has 0 aromatic heterocycles. The molecule has 0 amide bonds. The molecule has 2 aliphatic rings. The summed E-state index contributed by atoms with van der Waals surface area (Å²) in [6.45, 7) is 7.08. The molecule has 0 aliphatic heterocycles. The second-order valence-electron chi connectivity index (χ2n) is 7.58. The third-order valence-electron chi connectivity index (χ3n) is 5.86. The molecule has 2 rings (SSSR count).